The van der Waals surface area contributed by atoms with Gasteiger partial charge in [-0.3, -0.25) is 37.3 Å². The number of esters is 4. The van der Waals surface area contributed by atoms with Crippen molar-refractivity contribution in [1.29, 1.82) is 0 Å². The summed E-state index contributed by atoms with van der Waals surface area (Å²) in [7, 11) is -9.98. The van der Waals surface area contributed by atoms with Crippen molar-refractivity contribution in [2.24, 2.45) is 0 Å². The van der Waals surface area contributed by atoms with Crippen molar-refractivity contribution in [3.05, 3.63) is 134 Å². The highest BCUT2D eigenvalue weighted by Crippen LogP contribution is 2.45. The highest BCUT2D eigenvalue weighted by atomic mass is 31.2. The molecule has 100 heavy (non-hydrogen) atoms. The Kier molecular flexibility index (Phi) is 69.1. The number of phosphoric acid groups is 2. The number of hydrogen-bond acceptors (Lipinski definition) is 15. The van der Waals surface area contributed by atoms with Crippen molar-refractivity contribution in [1.82, 2.24) is 0 Å². The first kappa shape index (κ1) is 95.2. The van der Waals surface area contributed by atoms with Crippen LogP contribution in [0.15, 0.2) is 134 Å². The van der Waals surface area contributed by atoms with E-state index in [4.69, 9.17) is 37.0 Å². The molecule has 3 N–H and O–H groups in total. The van der Waals surface area contributed by atoms with Crippen LogP contribution in [0.2, 0.25) is 0 Å². The Morgan fingerprint density at radius 1 is 0.290 bits per heavy atom. The van der Waals surface area contributed by atoms with Crippen LogP contribution in [0.3, 0.4) is 0 Å². The van der Waals surface area contributed by atoms with Gasteiger partial charge in [0.1, 0.15) is 19.3 Å². The molecular formula is C81H136O17P2. The molecule has 0 saturated carbocycles. The van der Waals surface area contributed by atoms with Gasteiger partial charge in [0, 0.05) is 25.7 Å². The number of phosphoric ester groups is 2. The molecule has 0 aliphatic rings. The molecule has 572 valence electrons. The molecule has 0 aromatic heterocycles. The molecular weight excluding hydrogens is 1310 g/mol. The minimum Gasteiger partial charge on any atom is -0.462 e. The van der Waals surface area contributed by atoms with Crippen molar-refractivity contribution in [3.8, 4) is 0 Å². The lowest BCUT2D eigenvalue weighted by molar-refractivity contribution is -0.161. The average Bonchev–Trinajstić information content (AvgIpc) is 0.943. The van der Waals surface area contributed by atoms with Crippen molar-refractivity contribution in [2.75, 3.05) is 39.6 Å². The van der Waals surface area contributed by atoms with Gasteiger partial charge in [0.2, 0.25) is 0 Å². The van der Waals surface area contributed by atoms with Crippen LogP contribution in [0.25, 0.3) is 0 Å². The fourth-order valence-corrected chi connectivity index (χ4v) is 11.4. The number of hydrogen-bond donors (Lipinski definition) is 3. The number of allylic oxidation sites excluding steroid dienone is 22. The Morgan fingerprint density at radius 3 is 0.850 bits per heavy atom. The fraction of sp³-hybridized carbons (Fsp3) is 0.679. The number of carbonyl (C=O) groups is 4. The Bertz CT molecular complexity index is 2420. The van der Waals surface area contributed by atoms with Gasteiger partial charge >= 0.3 is 39.5 Å². The molecule has 19 heteroatoms. The van der Waals surface area contributed by atoms with Gasteiger partial charge in [0.15, 0.2) is 12.2 Å². The minimum atomic E-state index is -4.99. The third-order valence-electron chi connectivity index (χ3n) is 15.6. The van der Waals surface area contributed by atoms with E-state index in [0.717, 1.165) is 128 Å². The van der Waals surface area contributed by atoms with Crippen LogP contribution in [-0.4, -0.2) is 96.7 Å². The third kappa shape index (κ3) is 71.6. The maximum Gasteiger partial charge on any atom is 0.472 e. The van der Waals surface area contributed by atoms with Crippen LogP contribution in [0, 0.1) is 0 Å². The second-order valence-electron chi connectivity index (χ2n) is 25.2. The highest BCUT2D eigenvalue weighted by Gasteiger charge is 2.30. The predicted octanol–water partition coefficient (Wildman–Crippen LogP) is 22.1. The van der Waals surface area contributed by atoms with E-state index in [0.29, 0.717) is 38.5 Å². The first-order chi connectivity index (χ1) is 48.7. The molecule has 0 aliphatic carbocycles. The maximum atomic E-state index is 13.1. The van der Waals surface area contributed by atoms with E-state index in [1.807, 2.05) is 24.3 Å². The zero-order chi connectivity index (χ0) is 73.2. The van der Waals surface area contributed by atoms with Crippen LogP contribution in [-0.2, 0) is 65.4 Å². The summed E-state index contributed by atoms with van der Waals surface area (Å²) in [5.74, 6) is -2.32. The van der Waals surface area contributed by atoms with Crippen LogP contribution in [0.1, 0.15) is 297 Å². The first-order valence-corrected chi connectivity index (χ1v) is 41.4. The van der Waals surface area contributed by atoms with Crippen LogP contribution in [0.5, 0.6) is 0 Å². The molecule has 17 nitrogen and oxygen atoms in total. The predicted molar refractivity (Wildman–Crippen MR) is 408 cm³/mol. The van der Waals surface area contributed by atoms with E-state index in [1.54, 1.807) is 0 Å². The van der Waals surface area contributed by atoms with Crippen molar-refractivity contribution < 1.29 is 80.2 Å². The maximum absolute atomic E-state index is 13.1. The zero-order valence-electron chi connectivity index (χ0n) is 62.3. The standard InChI is InChI=1S/C81H136O17P2/c1-5-9-13-17-21-25-29-33-35-37-39-43-45-49-53-57-61-65-78(83)91-71-76(97-80(85)67-63-59-55-51-47-41-31-27-23-19-15-11-7-3)73-95-99(87,88)93-69-75(82)70-94-100(89,90)96-74-77(98-81(86)68-64-60-56-52-48-42-32-28-24-20-16-12-8-4)72-92-79(84)66-62-58-54-50-46-44-40-38-36-34-30-26-22-18-14-10-6-2/h9-10,13-14,21-22,25-27,31,33-36,39-40,43-44,49-50,53-54,75-77,82H,5-8,11-12,15-20,23-24,28-30,32,37-38,41-42,45-48,51-52,55-74H2,1-4H3,(H,87,88)(H,89,90)/b13-9-,14-10-,25-21-,26-22-,31-27-,35-33-,36-34-,43-39-,44-40-,53-49-,54-50-. The average molecular weight is 1440 g/mol. The van der Waals surface area contributed by atoms with E-state index in [9.17, 15) is 43.2 Å². The van der Waals surface area contributed by atoms with Gasteiger partial charge in [-0.25, -0.2) is 9.13 Å². The summed E-state index contributed by atoms with van der Waals surface area (Å²) < 4.78 is 68.4. The van der Waals surface area contributed by atoms with Crippen LogP contribution in [0.4, 0.5) is 0 Å². The lowest BCUT2D eigenvalue weighted by Crippen LogP contribution is -2.30. The Morgan fingerprint density at radius 2 is 0.530 bits per heavy atom. The fourth-order valence-electron chi connectivity index (χ4n) is 9.82. The first-order valence-electron chi connectivity index (χ1n) is 38.4. The lowest BCUT2D eigenvalue weighted by Gasteiger charge is -2.21. The smallest absolute Gasteiger partial charge is 0.462 e. The number of aliphatic hydroxyl groups excluding tert-OH is 1. The molecule has 0 amide bonds. The summed E-state index contributed by atoms with van der Waals surface area (Å²) >= 11 is 0. The Hall–Kier alpha value is -4.80. The second kappa shape index (κ2) is 72.5. The zero-order valence-corrected chi connectivity index (χ0v) is 64.1. The van der Waals surface area contributed by atoms with Crippen LogP contribution >= 0.6 is 15.6 Å². The summed E-state index contributed by atoms with van der Waals surface area (Å²) in [5.41, 5.74) is 0. The van der Waals surface area contributed by atoms with E-state index >= 15 is 0 Å². The quantitative estimate of drug-likeness (QED) is 0.0169. The molecule has 5 atom stereocenters. The second-order valence-corrected chi connectivity index (χ2v) is 28.1. The summed E-state index contributed by atoms with van der Waals surface area (Å²) in [4.78, 5) is 72.8. The van der Waals surface area contributed by atoms with Gasteiger partial charge in [-0.05, 0) is 128 Å². The van der Waals surface area contributed by atoms with E-state index in [1.165, 1.54) is 77.0 Å². The monoisotopic (exact) mass is 1440 g/mol. The molecule has 5 unspecified atom stereocenters. The van der Waals surface area contributed by atoms with Gasteiger partial charge in [-0.15, -0.1) is 0 Å². The Labute approximate surface area is 605 Å². The van der Waals surface area contributed by atoms with Crippen molar-refractivity contribution in [2.45, 2.75) is 316 Å². The van der Waals surface area contributed by atoms with Gasteiger partial charge < -0.3 is 33.8 Å². The molecule has 0 saturated heterocycles. The summed E-state index contributed by atoms with van der Waals surface area (Å²) in [5, 5.41) is 10.6. The molecule has 0 heterocycles. The largest absolute Gasteiger partial charge is 0.472 e. The molecule has 0 rings (SSSR count). The number of rotatable bonds is 71. The molecule has 0 aliphatic heterocycles. The molecule has 0 aromatic rings. The van der Waals surface area contributed by atoms with E-state index < -0.39 is 97.5 Å². The van der Waals surface area contributed by atoms with Gasteiger partial charge in [0.25, 0.3) is 0 Å². The number of carbonyl (C=O) groups excluding carboxylic acids is 4. The number of unbranched alkanes of at least 4 members (excludes halogenated alkanes) is 23. The Balaban J connectivity index is 5.44. The van der Waals surface area contributed by atoms with E-state index in [-0.39, 0.29) is 25.7 Å². The number of ether oxygens (including phenoxy) is 4. The van der Waals surface area contributed by atoms with Crippen LogP contribution < -0.4 is 0 Å². The summed E-state index contributed by atoms with van der Waals surface area (Å²) in [6.07, 6.45) is 80.3. The van der Waals surface area contributed by atoms with Gasteiger partial charge in [0.05, 0.1) is 26.4 Å². The lowest BCUT2D eigenvalue weighted by atomic mass is 10.0. The molecule has 0 radical (unpaired) electrons. The van der Waals surface area contributed by atoms with Crippen molar-refractivity contribution >= 4 is 39.5 Å². The topological polar surface area (TPSA) is 237 Å². The number of aliphatic hydroxyl groups is 1. The summed E-state index contributed by atoms with van der Waals surface area (Å²) in [6.45, 7) is 4.49. The third-order valence-corrected chi connectivity index (χ3v) is 17.5. The van der Waals surface area contributed by atoms with Gasteiger partial charge in [-0.2, -0.15) is 0 Å². The summed E-state index contributed by atoms with van der Waals surface area (Å²) in [6, 6.07) is 0. The molecule has 0 aromatic carbocycles. The molecule has 0 bridgehead atoms. The van der Waals surface area contributed by atoms with Crippen molar-refractivity contribution in [3.63, 3.8) is 0 Å². The normalized spacial score (nSPS) is 14.7. The molecule has 0 spiro atoms. The van der Waals surface area contributed by atoms with Gasteiger partial charge in [-0.1, -0.05) is 277 Å². The SMILES string of the molecule is CC/C=C\C/C=C\C/C=C\C/C=C\C/C=C\CCCC(=O)OCC(COP(=O)(O)OCC(O)COP(=O)(O)OCC(COC(=O)CCC/C=C\C/C=C\C/C=C\C/C=C\C/C=C\CC)OC(=O)CCCCCCCCCCCCCCC)OC(=O)CCCCCCC/C=C\CCCCCC. The minimum absolute atomic E-state index is 0.0690. The highest BCUT2D eigenvalue weighted by molar-refractivity contribution is 7.47. The molecule has 0 fully saturated rings. The van der Waals surface area contributed by atoms with E-state index in [2.05, 4.69) is 137 Å².